The number of halogens is 1. The third-order valence-corrected chi connectivity index (χ3v) is 6.55. The molecule has 1 aliphatic heterocycles. The van der Waals surface area contributed by atoms with Gasteiger partial charge >= 0.3 is 12.1 Å². The van der Waals surface area contributed by atoms with Crippen molar-refractivity contribution in [1.82, 2.24) is 10.6 Å². The van der Waals surface area contributed by atoms with Crippen LogP contribution in [0.1, 0.15) is 43.4 Å². The summed E-state index contributed by atoms with van der Waals surface area (Å²) in [4.78, 5) is 28.4. The van der Waals surface area contributed by atoms with Gasteiger partial charge in [-0.3, -0.25) is 15.1 Å². The number of alkyl carbamates (subject to hydrolysis) is 1. The van der Waals surface area contributed by atoms with E-state index in [1.807, 2.05) is 48.5 Å². The minimum atomic E-state index is -0.754. The fourth-order valence-electron chi connectivity index (χ4n) is 4.04. The number of aliphatic imine (C=N–C) groups is 1. The average Bonchev–Trinajstić information content (AvgIpc) is 3.66. The maximum absolute atomic E-state index is 12.5. The van der Waals surface area contributed by atoms with Crippen molar-refractivity contribution in [2.75, 3.05) is 25.0 Å². The van der Waals surface area contributed by atoms with Gasteiger partial charge in [-0.15, -0.1) is 0 Å². The van der Waals surface area contributed by atoms with Crippen LogP contribution in [0.25, 0.3) is 0 Å². The third-order valence-electron chi connectivity index (χ3n) is 6.21. The van der Waals surface area contributed by atoms with Crippen molar-refractivity contribution < 1.29 is 19.4 Å². The van der Waals surface area contributed by atoms with Crippen LogP contribution >= 0.6 is 11.6 Å². The van der Waals surface area contributed by atoms with E-state index in [0.29, 0.717) is 49.0 Å². The second-order valence-corrected chi connectivity index (χ2v) is 9.06. The van der Waals surface area contributed by atoms with E-state index in [4.69, 9.17) is 16.3 Å². The molecule has 0 saturated heterocycles. The molecule has 2 aromatic carbocycles. The molecule has 4 rings (SSSR count). The van der Waals surface area contributed by atoms with Gasteiger partial charge < -0.3 is 20.5 Å². The highest BCUT2D eigenvalue weighted by molar-refractivity contribution is 6.31. The number of carbonyl (C=O) groups excluding carboxylic acids is 1. The monoisotopic (exact) mass is 496 g/mol. The molecular weight excluding hydrogens is 468 g/mol. The molecular formula is C26H29ClN4O4. The Balaban J connectivity index is 1.23. The van der Waals surface area contributed by atoms with E-state index in [1.165, 1.54) is 0 Å². The van der Waals surface area contributed by atoms with E-state index in [-0.39, 0.29) is 0 Å². The van der Waals surface area contributed by atoms with Crippen LogP contribution in [0.2, 0.25) is 5.02 Å². The van der Waals surface area contributed by atoms with Crippen LogP contribution in [0.3, 0.4) is 0 Å². The van der Waals surface area contributed by atoms with Gasteiger partial charge in [0, 0.05) is 35.9 Å². The number of hydrogen-bond donors (Lipinski definition) is 4. The summed E-state index contributed by atoms with van der Waals surface area (Å²) in [6.07, 6.45) is 2.95. The van der Waals surface area contributed by atoms with E-state index in [1.54, 1.807) is 13.0 Å². The molecule has 9 heteroatoms. The molecule has 4 N–H and O–H groups in total. The molecule has 0 radical (unpaired) electrons. The van der Waals surface area contributed by atoms with Gasteiger partial charge in [-0.25, -0.2) is 4.79 Å². The Morgan fingerprint density at radius 2 is 1.83 bits per heavy atom. The standard InChI is InChI=1S/C26H29ClN4O4/c1-17(20-5-2-3-6-21(20)27)35-25(34)31-22-7-4-14-29-23(22)30-16-15-28-19-10-8-18(9-11-19)26(12-13-26)24(32)33/h2-3,5-11,17,28H,4,12-16H2,1H3,(H,29,30)(H,31,34)(H,32,33). The number of carbonyl (C=O) groups is 2. The van der Waals surface area contributed by atoms with Gasteiger partial charge in [0.15, 0.2) is 0 Å². The van der Waals surface area contributed by atoms with E-state index < -0.39 is 23.6 Å². The van der Waals surface area contributed by atoms with Crippen LogP contribution in [-0.2, 0) is 14.9 Å². The summed E-state index contributed by atoms with van der Waals surface area (Å²) < 4.78 is 5.50. The van der Waals surface area contributed by atoms with Gasteiger partial charge in [0.25, 0.3) is 0 Å². The van der Waals surface area contributed by atoms with Crippen molar-refractivity contribution in [3.05, 3.63) is 76.5 Å². The van der Waals surface area contributed by atoms with Crippen LogP contribution in [0.4, 0.5) is 10.5 Å². The number of ether oxygens (including phenoxy) is 1. The number of hydrogen-bond acceptors (Lipinski definition) is 6. The summed E-state index contributed by atoms with van der Waals surface area (Å²) in [5, 5.41) is 19.3. The number of amidine groups is 1. The van der Waals surface area contributed by atoms with E-state index in [9.17, 15) is 14.7 Å². The quantitative estimate of drug-likeness (QED) is 0.376. The minimum absolute atomic E-state index is 0.498. The average molecular weight is 497 g/mol. The third kappa shape index (κ3) is 5.95. The lowest BCUT2D eigenvalue weighted by molar-refractivity contribution is -0.140. The zero-order valence-electron chi connectivity index (χ0n) is 19.5. The first-order valence-corrected chi connectivity index (χ1v) is 12.1. The van der Waals surface area contributed by atoms with Crippen molar-refractivity contribution in [3.8, 4) is 0 Å². The van der Waals surface area contributed by atoms with E-state index in [2.05, 4.69) is 20.9 Å². The summed E-state index contributed by atoms with van der Waals surface area (Å²) in [6.45, 7) is 3.60. The highest BCUT2D eigenvalue weighted by Gasteiger charge is 2.51. The first-order valence-electron chi connectivity index (χ1n) is 11.7. The number of dihydropyridines is 1. The number of rotatable bonds is 9. The molecule has 1 atom stereocenters. The zero-order chi connectivity index (χ0) is 24.8. The number of benzene rings is 2. The Labute approximate surface area is 209 Å². The Morgan fingerprint density at radius 1 is 1.11 bits per heavy atom. The molecule has 184 valence electrons. The number of aliphatic carboxylic acids is 1. The summed E-state index contributed by atoms with van der Waals surface area (Å²) in [7, 11) is 0. The molecule has 0 aromatic heterocycles. The van der Waals surface area contributed by atoms with Crippen LogP contribution < -0.4 is 16.0 Å². The topological polar surface area (TPSA) is 112 Å². The van der Waals surface area contributed by atoms with Gasteiger partial charge in [-0.05, 0) is 49.9 Å². The Bertz CT molecular complexity index is 1140. The number of nitrogens with zero attached hydrogens (tertiary/aromatic N) is 1. The summed E-state index contributed by atoms with van der Waals surface area (Å²) in [5.74, 6) is -0.150. The summed E-state index contributed by atoms with van der Waals surface area (Å²) >= 11 is 6.19. The molecule has 0 spiro atoms. The van der Waals surface area contributed by atoms with E-state index in [0.717, 1.165) is 23.2 Å². The second-order valence-electron chi connectivity index (χ2n) is 8.65. The molecule has 1 saturated carbocycles. The van der Waals surface area contributed by atoms with Gasteiger partial charge in [-0.2, -0.15) is 0 Å². The minimum Gasteiger partial charge on any atom is -0.481 e. The molecule has 1 fully saturated rings. The molecule has 1 heterocycles. The van der Waals surface area contributed by atoms with Crippen molar-refractivity contribution in [2.24, 2.45) is 4.99 Å². The molecule has 2 aromatic rings. The fourth-order valence-corrected chi connectivity index (χ4v) is 4.33. The zero-order valence-corrected chi connectivity index (χ0v) is 20.3. The number of nitrogens with one attached hydrogen (secondary N) is 3. The first-order chi connectivity index (χ1) is 16.9. The van der Waals surface area contributed by atoms with Crippen molar-refractivity contribution in [1.29, 1.82) is 0 Å². The predicted octanol–water partition coefficient (Wildman–Crippen LogP) is 4.63. The molecule has 1 aliphatic carbocycles. The maximum atomic E-state index is 12.5. The normalized spacial score (nSPS) is 16.9. The SMILES string of the molecule is CC(OC(=O)NC1=CCCN=C1NCCNc1ccc(C2(C(=O)O)CC2)cc1)c1ccccc1Cl. The molecule has 8 nitrogen and oxygen atoms in total. The fraction of sp³-hybridized carbons (Fsp3) is 0.346. The predicted molar refractivity (Wildman–Crippen MR) is 136 cm³/mol. The molecule has 35 heavy (non-hydrogen) atoms. The summed E-state index contributed by atoms with van der Waals surface area (Å²) in [6, 6.07) is 14.8. The van der Waals surface area contributed by atoms with Gasteiger partial charge in [0.2, 0.25) is 0 Å². The number of amides is 1. The van der Waals surface area contributed by atoms with Crippen LogP contribution in [-0.4, -0.2) is 42.6 Å². The molecule has 0 bridgehead atoms. The highest BCUT2D eigenvalue weighted by Crippen LogP contribution is 2.48. The Hall–Kier alpha value is -3.52. The Kier molecular flexibility index (Phi) is 7.60. The van der Waals surface area contributed by atoms with Gasteiger partial charge in [-0.1, -0.05) is 48.0 Å². The highest BCUT2D eigenvalue weighted by atomic mass is 35.5. The molecule has 2 aliphatic rings. The van der Waals surface area contributed by atoms with Crippen LogP contribution in [0.15, 0.2) is 65.3 Å². The van der Waals surface area contributed by atoms with Gasteiger partial charge in [0.05, 0.1) is 11.1 Å². The number of anilines is 1. The lowest BCUT2D eigenvalue weighted by Crippen LogP contribution is -2.38. The first kappa shape index (κ1) is 24.6. The molecule has 1 unspecified atom stereocenters. The Morgan fingerprint density at radius 3 is 2.51 bits per heavy atom. The second kappa shape index (κ2) is 10.8. The maximum Gasteiger partial charge on any atom is 0.412 e. The summed E-state index contributed by atoms with van der Waals surface area (Å²) in [5.41, 5.74) is 2.39. The van der Waals surface area contributed by atoms with Gasteiger partial charge in [0.1, 0.15) is 11.9 Å². The largest absolute Gasteiger partial charge is 0.481 e. The van der Waals surface area contributed by atoms with Crippen LogP contribution in [0, 0.1) is 0 Å². The van der Waals surface area contributed by atoms with Crippen LogP contribution in [0.5, 0.6) is 0 Å². The van der Waals surface area contributed by atoms with Crippen molar-refractivity contribution in [3.63, 3.8) is 0 Å². The van der Waals surface area contributed by atoms with Crippen molar-refractivity contribution in [2.45, 2.75) is 37.7 Å². The van der Waals surface area contributed by atoms with E-state index >= 15 is 0 Å². The molecule has 1 amide bonds. The smallest absolute Gasteiger partial charge is 0.412 e. The number of carboxylic acids is 1. The van der Waals surface area contributed by atoms with Crippen molar-refractivity contribution >= 4 is 35.2 Å². The number of carboxylic acid groups (broad SMARTS) is 1. The lowest BCUT2D eigenvalue weighted by atomic mass is 9.96. The lowest BCUT2D eigenvalue weighted by Gasteiger charge is -2.20.